The first kappa shape index (κ1) is 18.0. The second-order valence-electron chi connectivity index (χ2n) is 6.88. The van der Waals surface area contributed by atoms with Crippen LogP contribution in [0.25, 0.3) is 11.3 Å². The average Bonchev–Trinajstić information content (AvgIpc) is 3.10. The number of fused-ring (bicyclic) bond motifs is 1. The lowest BCUT2D eigenvalue weighted by Gasteiger charge is -2.36. The van der Waals surface area contributed by atoms with Gasteiger partial charge in [-0.3, -0.25) is 0 Å². The Bertz CT molecular complexity index is 859. The van der Waals surface area contributed by atoms with Gasteiger partial charge in [-0.15, -0.1) is 10.2 Å². The van der Waals surface area contributed by atoms with Crippen LogP contribution in [0.1, 0.15) is 30.5 Å². The van der Waals surface area contributed by atoms with E-state index in [9.17, 15) is 18.3 Å². The number of rotatable bonds is 2. The van der Waals surface area contributed by atoms with Crippen LogP contribution in [-0.4, -0.2) is 45.6 Å². The van der Waals surface area contributed by atoms with Crippen molar-refractivity contribution in [2.75, 3.05) is 18.1 Å². The zero-order valence-electron chi connectivity index (χ0n) is 14.7. The van der Waals surface area contributed by atoms with E-state index < -0.39 is 17.5 Å². The molecule has 6 nitrogen and oxygen atoms in total. The SMILES string of the molecule is Cc1nc(N2CCC[C@@H]3OCC[C@@H]32)nnc1-c1ccc(C(F)(F)F)cc1O. The Labute approximate surface area is 154 Å². The zero-order chi connectivity index (χ0) is 19.2. The lowest BCUT2D eigenvalue weighted by Crippen LogP contribution is -2.46. The molecule has 4 rings (SSSR count). The fraction of sp³-hybridized carbons (Fsp3) is 0.500. The Hall–Kier alpha value is -2.42. The standard InChI is InChI=1S/C18H19F3N4O2/c1-10-16(12-5-4-11(9-14(12)26)18(19,20)21)23-24-17(22-10)25-7-2-3-15-13(25)6-8-27-15/h4-5,9,13,15,26H,2-3,6-8H2,1H3/t13-,15-/m0/s1. The van der Waals surface area contributed by atoms with Gasteiger partial charge in [-0.1, -0.05) is 0 Å². The molecule has 2 fully saturated rings. The summed E-state index contributed by atoms with van der Waals surface area (Å²) in [4.78, 5) is 6.60. The van der Waals surface area contributed by atoms with E-state index in [4.69, 9.17) is 4.74 Å². The lowest BCUT2D eigenvalue weighted by atomic mass is 9.99. The summed E-state index contributed by atoms with van der Waals surface area (Å²) in [6, 6.07) is 3.02. The highest BCUT2D eigenvalue weighted by molar-refractivity contribution is 5.69. The van der Waals surface area contributed by atoms with Crippen LogP contribution < -0.4 is 4.90 Å². The van der Waals surface area contributed by atoms with E-state index in [2.05, 4.69) is 20.1 Å². The molecule has 0 unspecified atom stereocenters. The van der Waals surface area contributed by atoms with Gasteiger partial charge in [0.05, 0.1) is 23.4 Å². The normalized spacial score (nSPS) is 22.7. The highest BCUT2D eigenvalue weighted by Gasteiger charge is 2.37. The minimum absolute atomic E-state index is 0.174. The van der Waals surface area contributed by atoms with Gasteiger partial charge < -0.3 is 14.7 Å². The molecule has 3 heterocycles. The molecule has 2 saturated heterocycles. The number of alkyl halides is 3. The fourth-order valence-corrected chi connectivity index (χ4v) is 3.82. The van der Waals surface area contributed by atoms with Gasteiger partial charge in [-0.2, -0.15) is 13.2 Å². The quantitative estimate of drug-likeness (QED) is 0.862. The zero-order valence-corrected chi connectivity index (χ0v) is 14.7. The molecule has 1 N–H and O–H groups in total. The van der Waals surface area contributed by atoms with Crippen LogP contribution in [0.15, 0.2) is 18.2 Å². The second-order valence-corrected chi connectivity index (χ2v) is 6.88. The third-order valence-electron chi connectivity index (χ3n) is 5.15. The van der Waals surface area contributed by atoms with Crippen molar-refractivity contribution in [3.8, 4) is 17.0 Å². The summed E-state index contributed by atoms with van der Waals surface area (Å²) < 4.78 is 44.1. The van der Waals surface area contributed by atoms with Crippen LogP contribution in [0.2, 0.25) is 0 Å². The van der Waals surface area contributed by atoms with Gasteiger partial charge >= 0.3 is 6.18 Å². The van der Waals surface area contributed by atoms with Gasteiger partial charge in [-0.25, -0.2) is 4.98 Å². The number of halogens is 3. The van der Waals surface area contributed by atoms with Crippen LogP contribution in [0, 0.1) is 6.92 Å². The molecule has 0 radical (unpaired) electrons. The van der Waals surface area contributed by atoms with Crippen molar-refractivity contribution in [1.29, 1.82) is 0 Å². The topological polar surface area (TPSA) is 71.4 Å². The number of ether oxygens (including phenoxy) is 1. The number of phenols is 1. The maximum absolute atomic E-state index is 12.8. The maximum atomic E-state index is 12.8. The summed E-state index contributed by atoms with van der Waals surface area (Å²) in [6.07, 6.45) is -1.43. The average molecular weight is 380 g/mol. The molecule has 0 spiro atoms. The van der Waals surface area contributed by atoms with Crippen molar-refractivity contribution < 1.29 is 23.0 Å². The first-order valence-corrected chi connectivity index (χ1v) is 8.85. The first-order chi connectivity index (χ1) is 12.8. The van der Waals surface area contributed by atoms with Gasteiger partial charge in [-0.05, 0) is 44.4 Å². The maximum Gasteiger partial charge on any atom is 0.416 e. The highest BCUT2D eigenvalue weighted by Crippen LogP contribution is 2.37. The number of phenolic OH excluding ortho intramolecular Hbond substituents is 1. The summed E-state index contributed by atoms with van der Waals surface area (Å²) in [5.41, 5.74) is 0.0182. The molecule has 0 saturated carbocycles. The summed E-state index contributed by atoms with van der Waals surface area (Å²) in [5, 5.41) is 18.4. The van der Waals surface area contributed by atoms with Crippen molar-refractivity contribution in [3.63, 3.8) is 0 Å². The van der Waals surface area contributed by atoms with Gasteiger partial charge in [0.1, 0.15) is 11.4 Å². The minimum Gasteiger partial charge on any atom is -0.507 e. The lowest BCUT2D eigenvalue weighted by molar-refractivity contribution is -0.137. The molecule has 1 aromatic carbocycles. The van der Waals surface area contributed by atoms with E-state index in [1.807, 2.05) is 0 Å². The van der Waals surface area contributed by atoms with Crippen LogP contribution in [0.4, 0.5) is 19.1 Å². The van der Waals surface area contributed by atoms with E-state index in [1.165, 1.54) is 6.07 Å². The molecule has 0 bridgehead atoms. The van der Waals surface area contributed by atoms with E-state index in [0.717, 1.165) is 38.5 Å². The number of hydrogen-bond acceptors (Lipinski definition) is 6. The van der Waals surface area contributed by atoms with Crippen molar-refractivity contribution in [3.05, 3.63) is 29.5 Å². The minimum atomic E-state index is -4.52. The summed E-state index contributed by atoms with van der Waals surface area (Å²) in [6.45, 7) is 3.24. The Kier molecular flexibility index (Phi) is 4.41. The third kappa shape index (κ3) is 3.31. The molecule has 27 heavy (non-hydrogen) atoms. The van der Waals surface area contributed by atoms with Crippen molar-refractivity contribution in [2.45, 2.75) is 44.5 Å². The molecule has 1 aromatic heterocycles. The van der Waals surface area contributed by atoms with Gasteiger partial charge in [0.2, 0.25) is 5.95 Å². The molecule has 0 amide bonds. The molecular formula is C18H19F3N4O2. The van der Waals surface area contributed by atoms with Gasteiger partial charge in [0, 0.05) is 18.7 Å². The van der Waals surface area contributed by atoms with Crippen molar-refractivity contribution in [1.82, 2.24) is 15.2 Å². The van der Waals surface area contributed by atoms with E-state index in [0.29, 0.717) is 17.7 Å². The summed E-state index contributed by atoms with van der Waals surface area (Å²) in [7, 11) is 0. The molecule has 2 aromatic rings. The number of aromatic nitrogens is 3. The summed E-state index contributed by atoms with van der Waals surface area (Å²) >= 11 is 0. The van der Waals surface area contributed by atoms with E-state index >= 15 is 0 Å². The number of anilines is 1. The molecule has 2 aliphatic rings. The number of hydrogen-bond donors (Lipinski definition) is 1. The molecule has 9 heteroatoms. The first-order valence-electron chi connectivity index (χ1n) is 8.85. The second kappa shape index (κ2) is 6.63. The predicted molar refractivity (Wildman–Crippen MR) is 91.4 cm³/mol. The largest absolute Gasteiger partial charge is 0.507 e. The molecule has 2 atom stereocenters. The molecular weight excluding hydrogens is 361 g/mol. The number of benzene rings is 1. The van der Waals surface area contributed by atoms with Crippen LogP contribution in [0.5, 0.6) is 5.75 Å². The monoisotopic (exact) mass is 380 g/mol. The number of aryl methyl sites for hydroxylation is 1. The highest BCUT2D eigenvalue weighted by atomic mass is 19.4. The molecule has 144 valence electrons. The van der Waals surface area contributed by atoms with Crippen LogP contribution in [0.3, 0.4) is 0 Å². The van der Waals surface area contributed by atoms with Gasteiger partial charge in [0.25, 0.3) is 0 Å². The number of nitrogens with zero attached hydrogens (tertiary/aromatic N) is 4. The fourth-order valence-electron chi connectivity index (χ4n) is 3.82. The smallest absolute Gasteiger partial charge is 0.416 e. The van der Waals surface area contributed by atoms with Crippen LogP contribution in [-0.2, 0) is 10.9 Å². The molecule has 2 aliphatic heterocycles. The third-order valence-corrected chi connectivity index (χ3v) is 5.15. The molecule has 0 aliphatic carbocycles. The number of aromatic hydroxyl groups is 1. The number of piperidine rings is 1. The predicted octanol–water partition coefficient (Wildman–Crippen LogP) is 3.33. The Morgan fingerprint density at radius 2 is 2.04 bits per heavy atom. The van der Waals surface area contributed by atoms with E-state index in [1.54, 1.807) is 6.92 Å². The van der Waals surface area contributed by atoms with Crippen molar-refractivity contribution in [2.24, 2.45) is 0 Å². The Balaban J connectivity index is 1.64. The summed E-state index contributed by atoms with van der Waals surface area (Å²) in [5.74, 6) is -0.0122. The van der Waals surface area contributed by atoms with Crippen molar-refractivity contribution >= 4 is 5.95 Å². The Morgan fingerprint density at radius 3 is 2.74 bits per heavy atom. The van der Waals surface area contributed by atoms with Crippen LogP contribution >= 0.6 is 0 Å². The van der Waals surface area contributed by atoms with E-state index in [-0.39, 0.29) is 23.4 Å². The van der Waals surface area contributed by atoms with Gasteiger partial charge in [0.15, 0.2) is 0 Å². The Morgan fingerprint density at radius 1 is 1.22 bits per heavy atom.